The number of anilines is 1. The number of nitrogens with zero attached hydrogens (tertiary/aromatic N) is 2. The van der Waals surface area contributed by atoms with E-state index in [1.807, 2.05) is 43.3 Å². The monoisotopic (exact) mass is 361 g/mol. The summed E-state index contributed by atoms with van der Waals surface area (Å²) < 4.78 is 0.707. The molecule has 0 saturated carbocycles. The van der Waals surface area contributed by atoms with Crippen LogP contribution < -0.4 is 10.3 Å². The van der Waals surface area contributed by atoms with Crippen LogP contribution in [0.25, 0.3) is 0 Å². The van der Waals surface area contributed by atoms with Crippen LogP contribution in [-0.2, 0) is 0 Å². The Bertz CT molecular complexity index is 697. The minimum Gasteiger partial charge on any atom is -0.507 e. The van der Waals surface area contributed by atoms with Crippen molar-refractivity contribution in [1.29, 1.82) is 0 Å². The molecule has 0 heterocycles. The van der Waals surface area contributed by atoms with Crippen LogP contribution in [-0.4, -0.2) is 31.3 Å². The van der Waals surface area contributed by atoms with Gasteiger partial charge in [-0.05, 0) is 35.9 Å². The Hall–Kier alpha value is -2.34. The first kappa shape index (κ1) is 16.0. The molecule has 0 aliphatic carbocycles. The van der Waals surface area contributed by atoms with Crippen molar-refractivity contribution in [2.45, 2.75) is 0 Å². The molecule has 0 aliphatic heterocycles. The average molecular weight is 362 g/mol. The zero-order valence-electron chi connectivity index (χ0n) is 12.2. The Balaban J connectivity index is 2.02. The zero-order valence-corrected chi connectivity index (χ0v) is 13.8. The van der Waals surface area contributed by atoms with Gasteiger partial charge in [-0.3, -0.25) is 4.79 Å². The van der Waals surface area contributed by atoms with Crippen LogP contribution in [0, 0.1) is 0 Å². The lowest BCUT2D eigenvalue weighted by Gasteiger charge is -2.11. The van der Waals surface area contributed by atoms with Gasteiger partial charge in [-0.15, -0.1) is 0 Å². The van der Waals surface area contributed by atoms with Crippen LogP contribution in [0.3, 0.4) is 0 Å². The van der Waals surface area contributed by atoms with Crippen molar-refractivity contribution in [2.75, 3.05) is 19.0 Å². The summed E-state index contributed by atoms with van der Waals surface area (Å²) in [5.74, 6) is -0.564. The average Bonchev–Trinajstić information content (AvgIpc) is 2.50. The largest absolute Gasteiger partial charge is 0.507 e. The van der Waals surface area contributed by atoms with E-state index in [1.54, 1.807) is 12.3 Å². The predicted octanol–water partition coefficient (Wildman–Crippen LogP) is 2.98. The number of amides is 1. The summed E-state index contributed by atoms with van der Waals surface area (Å²) in [6.45, 7) is 0. The molecule has 1 amide bonds. The third-order valence-corrected chi connectivity index (χ3v) is 3.49. The molecule has 0 bridgehead atoms. The molecule has 0 saturated heterocycles. The molecule has 0 unspecified atom stereocenters. The number of carbonyl (C=O) groups excluding carboxylic acids is 1. The fourth-order valence-corrected chi connectivity index (χ4v) is 2.14. The van der Waals surface area contributed by atoms with Crippen LogP contribution in [0.4, 0.5) is 5.69 Å². The topological polar surface area (TPSA) is 64.9 Å². The second kappa shape index (κ2) is 7.09. The van der Waals surface area contributed by atoms with E-state index in [1.165, 1.54) is 12.1 Å². The van der Waals surface area contributed by atoms with Gasteiger partial charge in [-0.1, -0.05) is 28.1 Å². The highest BCUT2D eigenvalue weighted by atomic mass is 79.9. The van der Waals surface area contributed by atoms with Gasteiger partial charge in [0.15, 0.2) is 0 Å². The molecular formula is C16H16BrN3O2. The standard InChI is InChI=1S/C16H16BrN3O2/c1-20(2)13-6-3-11(4-7-13)10-18-19-16(22)14-9-12(17)5-8-15(14)21/h3-10,21H,1-2H3,(H,19,22). The van der Waals surface area contributed by atoms with Gasteiger partial charge in [0.1, 0.15) is 5.75 Å². The fraction of sp³-hybridized carbons (Fsp3) is 0.125. The summed E-state index contributed by atoms with van der Waals surface area (Å²) in [5, 5.41) is 13.6. The lowest BCUT2D eigenvalue weighted by Crippen LogP contribution is -2.17. The molecule has 0 atom stereocenters. The number of phenolic OH excluding ortho intramolecular Hbond substituents is 1. The summed E-state index contributed by atoms with van der Waals surface area (Å²) in [4.78, 5) is 13.9. The minimum absolute atomic E-state index is 0.0914. The molecule has 2 aromatic rings. The number of phenols is 1. The Kier molecular flexibility index (Phi) is 5.16. The van der Waals surface area contributed by atoms with E-state index in [0.29, 0.717) is 4.47 Å². The van der Waals surface area contributed by atoms with E-state index in [2.05, 4.69) is 26.5 Å². The third-order valence-electron chi connectivity index (χ3n) is 2.99. The molecule has 0 spiro atoms. The quantitative estimate of drug-likeness (QED) is 0.649. The second-order valence-corrected chi connectivity index (χ2v) is 5.76. The molecule has 22 heavy (non-hydrogen) atoms. The van der Waals surface area contributed by atoms with Crippen molar-refractivity contribution in [3.8, 4) is 5.75 Å². The van der Waals surface area contributed by atoms with E-state index in [-0.39, 0.29) is 11.3 Å². The van der Waals surface area contributed by atoms with Crippen LogP contribution in [0.1, 0.15) is 15.9 Å². The van der Waals surface area contributed by atoms with Crippen LogP contribution >= 0.6 is 15.9 Å². The third kappa shape index (κ3) is 4.08. The molecule has 0 aromatic heterocycles. The Morgan fingerprint density at radius 2 is 1.91 bits per heavy atom. The van der Waals surface area contributed by atoms with Crippen LogP contribution in [0.5, 0.6) is 5.75 Å². The molecule has 6 heteroatoms. The van der Waals surface area contributed by atoms with Crippen LogP contribution in [0.15, 0.2) is 52.0 Å². The maximum Gasteiger partial charge on any atom is 0.275 e. The molecule has 2 rings (SSSR count). The molecule has 114 valence electrons. The van der Waals surface area contributed by atoms with Crippen molar-refractivity contribution in [1.82, 2.24) is 5.43 Å². The summed E-state index contributed by atoms with van der Waals surface area (Å²) >= 11 is 3.25. The maximum absolute atomic E-state index is 11.9. The van der Waals surface area contributed by atoms with E-state index in [9.17, 15) is 9.90 Å². The molecule has 5 nitrogen and oxygen atoms in total. The normalized spacial score (nSPS) is 10.7. The maximum atomic E-state index is 11.9. The molecule has 2 N–H and O–H groups in total. The lowest BCUT2D eigenvalue weighted by molar-refractivity contribution is 0.0952. The predicted molar refractivity (Wildman–Crippen MR) is 91.6 cm³/mol. The van der Waals surface area contributed by atoms with Crippen molar-refractivity contribution < 1.29 is 9.90 Å². The van der Waals surface area contributed by atoms with Crippen molar-refractivity contribution in [3.63, 3.8) is 0 Å². The van der Waals surface area contributed by atoms with Crippen LogP contribution in [0.2, 0.25) is 0 Å². The van der Waals surface area contributed by atoms with Crippen molar-refractivity contribution in [3.05, 3.63) is 58.1 Å². The molecule has 0 fully saturated rings. The first-order chi connectivity index (χ1) is 10.5. The van der Waals surface area contributed by atoms with Gasteiger partial charge in [-0.25, -0.2) is 5.43 Å². The van der Waals surface area contributed by atoms with E-state index in [0.717, 1.165) is 11.3 Å². The Labute approximate surface area is 137 Å². The van der Waals surface area contributed by atoms with Crippen molar-refractivity contribution in [2.24, 2.45) is 5.10 Å². The first-order valence-electron chi connectivity index (χ1n) is 6.56. The highest BCUT2D eigenvalue weighted by Gasteiger charge is 2.10. The number of hydrogen-bond acceptors (Lipinski definition) is 4. The number of aromatic hydroxyl groups is 1. The number of hydrogen-bond donors (Lipinski definition) is 2. The van der Waals surface area contributed by atoms with E-state index < -0.39 is 5.91 Å². The minimum atomic E-state index is -0.472. The number of hydrazone groups is 1. The summed E-state index contributed by atoms with van der Waals surface area (Å²) in [7, 11) is 3.93. The summed E-state index contributed by atoms with van der Waals surface area (Å²) in [6, 6.07) is 12.4. The summed E-state index contributed by atoms with van der Waals surface area (Å²) in [5.41, 5.74) is 4.50. The fourth-order valence-electron chi connectivity index (χ4n) is 1.77. The molecule has 0 radical (unpaired) electrons. The number of halogens is 1. The molecule has 2 aromatic carbocycles. The van der Waals surface area contributed by atoms with E-state index >= 15 is 0 Å². The van der Waals surface area contributed by atoms with Gasteiger partial charge in [0.05, 0.1) is 11.8 Å². The van der Waals surface area contributed by atoms with Gasteiger partial charge in [0.25, 0.3) is 5.91 Å². The number of carbonyl (C=O) groups is 1. The number of rotatable bonds is 4. The number of benzene rings is 2. The van der Waals surface area contributed by atoms with Crippen molar-refractivity contribution >= 4 is 33.7 Å². The molecular weight excluding hydrogens is 346 g/mol. The highest BCUT2D eigenvalue weighted by Crippen LogP contribution is 2.21. The van der Waals surface area contributed by atoms with Gasteiger partial charge in [-0.2, -0.15) is 5.10 Å². The SMILES string of the molecule is CN(C)c1ccc(C=NNC(=O)c2cc(Br)ccc2O)cc1. The second-order valence-electron chi connectivity index (χ2n) is 4.85. The molecule has 0 aliphatic rings. The Morgan fingerprint density at radius 3 is 2.55 bits per heavy atom. The highest BCUT2D eigenvalue weighted by molar-refractivity contribution is 9.10. The van der Waals surface area contributed by atoms with E-state index in [4.69, 9.17) is 0 Å². The lowest BCUT2D eigenvalue weighted by atomic mass is 10.2. The summed E-state index contributed by atoms with van der Waals surface area (Å²) in [6.07, 6.45) is 1.55. The zero-order chi connectivity index (χ0) is 16.1. The van der Waals surface area contributed by atoms with Gasteiger partial charge < -0.3 is 10.0 Å². The van der Waals surface area contributed by atoms with Gasteiger partial charge in [0, 0.05) is 24.3 Å². The van der Waals surface area contributed by atoms with Gasteiger partial charge in [0.2, 0.25) is 0 Å². The number of nitrogens with one attached hydrogen (secondary N) is 1. The Morgan fingerprint density at radius 1 is 1.23 bits per heavy atom. The smallest absolute Gasteiger partial charge is 0.275 e. The first-order valence-corrected chi connectivity index (χ1v) is 7.36. The van der Waals surface area contributed by atoms with Gasteiger partial charge >= 0.3 is 0 Å².